The topological polar surface area (TPSA) is 0 Å². The summed E-state index contributed by atoms with van der Waals surface area (Å²) in [6, 6.07) is 0. The summed E-state index contributed by atoms with van der Waals surface area (Å²) >= 11 is 0. The summed E-state index contributed by atoms with van der Waals surface area (Å²) in [5.74, 6) is 0. The number of alkyl halides is 9. The molecule has 0 rings (SSSR count). The van der Waals surface area contributed by atoms with Gasteiger partial charge in [0.1, 0.15) is 0 Å². The minimum absolute atomic E-state index is 2.03. The Morgan fingerprint density at radius 3 is 0.812 bits per heavy atom. The quantitative estimate of drug-likeness (QED) is 0.538. The molecule has 98 valence electrons. The average molecular weight is 280 g/mol. The van der Waals surface area contributed by atoms with Gasteiger partial charge in [-0.3, -0.25) is 0 Å². The Bertz CT molecular complexity index is 173. The van der Waals surface area contributed by atoms with E-state index in [-0.39, 0.29) is 0 Å². The summed E-state index contributed by atoms with van der Waals surface area (Å²) in [7, 11) is -3.20. The molecule has 0 saturated heterocycles. The Balaban J connectivity index is 4.53. The SMILES string of the molecule is FC(F)(F)CP(CC(F)(F)F)CC(F)(F)F. The minimum atomic E-state index is -5.01. The molecule has 0 aliphatic rings. The van der Waals surface area contributed by atoms with Gasteiger partial charge >= 0.3 is 18.5 Å². The van der Waals surface area contributed by atoms with E-state index in [4.69, 9.17) is 0 Å². The lowest BCUT2D eigenvalue weighted by Gasteiger charge is -2.21. The molecule has 0 aliphatic heterocycles. The van der Waals surface area contributed by atoms with Crippen molar-refractivity contribution in [3.8, 4) is 0 Å². The van der Waals surface area contributed by atoms with Crippen molar-refractivity contribution in [2.45, 2.75) is 18.5 Å². The molecule has 0 saturated carbocycles. The van der Waals surface area contributed by atoms with E-state index in [9.17, 15) is 39.5 Å². The van der Waals surface area contributed by atoms with Gasteiger partial charge in [0.15, 0.2) is 0 Å². The van der Waals surface area contributed by atoms with Gasteiger partial charge in [0.2, 0.25) is 0 Å². The standard InChI is InChI=1S/C6H6F9P/c7-4(8,9)1-16(2-5(10,11)12)3-6(13,14)15/h1-3H2. The predicted molar refractivity (Wildman–Crippen MR) is 39.7 cm³/mol. The van der Waals surface area contributed by atoms with Crippen LogP contribution in [0.1, 0.15) is 0 Å². The van der Waals surface area contributed by atoms with Crippen LogP contribution in [0.5, 0.6) is 0 Å². The first-order chi connectivity index (χ1) is 6.79. The van der Waals surface area contributed by atoms with E-state index < -0.39 is 44.9 Å². The predicted octanol–water partition coefficient (Wildman–Crippen LogP) is 4.16. The molecule has 16 heavy (non-hydrogen) atoms. The van der Waals surface area contributed by atoms with Gasteiger partial charge in [0, 0.05) is 0 Å². The molecule has 0 aliphatic carbocycles. The Labute approximate surface area is 85.6 Å². The first-order valence-electron chi connectivity index (χ1n) is 3.71. The highest BCUT2D eigenvalue weighted by Gasteiger charge is 2.43. The largest absolute Gasteiger partial charge is 0.392 e. The Kier molecular flexibility index (Phi) is 4.91. The zero-order chi connectivity index (χ0) is 13.2. The molecule has 0 bridgehead atoms. The van der Waals surface area contributed by atoms with Crippen LogP contribution in [0, 0.1) is 0 Å². The number of halogens is 9. The summed E-state index contributed by atoms with van der Waals surface area (Å²) in [6.45, 7) is 0. The second kappa shape index (κ2) is 4.98. The van der Waals surface area contributed by atoms with Crippen molar-refractivity contribution in [2.24, 2.45) is 0 Å². The molecular formula is C6H6F9P. The van der Waals surface area contributed by atoms with E-state index in [1.165, 1.54) is 0 Å². The lowest BCUT2D eigenvalue weighted by atomic mass is 10.7. The summed E-state index contributed by atoms with van der Waals surface area (Å²) in [4.78, 5) is 0. The summed E-state index contributed by atoms with van der Waals surface area (Å²) in [5.41, 5.74) is 0. The normalized spacial score (nSPS) is 14.6. The van der Waals surface area contributed by atoms with Crippen molar-refractivity contribution >= 4 is 7.92 Å². The molecule has 0 fully saturated rings. The molecule has 0 unspecified atom stereocenters. The average Bonchev–Trinajstić information content (AvgIpc) is 1.70. The molecule has 0 aromatic rings. The monoisotopic (exact) mass is 280 g/mol. The van der Waals surface area contributed by atoms with Gasteiger partial charge in [-0.25, -0.2) is 0 Å². The molecule has 0 N–H and O–H groups in total. The van der Waals surface area contributed by atoms with Crippen molar-refractivity contribution in [3.63, 3.8) is 0 Å². The smallest absolute Gasteiger partial charge is 0.171 e. The van der Waals surface area contributed by atoms with Gasteiger partial charge in [0.25, 0.3) is 0 Å². The van der Waals surface area contributed by atoms with E-state index in [1.54, 1.807) is 0 Å². The van der Waals surface area contributed by atoms with Gasteiger partial charge in [0.05, 0.1) is 18.5 Å². The van der Waals surface area contributed by atoms with Crippen molar-refractivity contribution in [1.82, 2.24) is 0 Å². The highest BCUT2D eigenvalue weighted by atomic mass is 31.1. The van der Waals surface area contributed by atoms with Crippen LogP contribution in [0.4, 0.5) is 39.5 Å². The highest BCUT2D eigenvalue weighted by molar-refractivity contribution is 7.57. The third-order valence-corrected chi connectivity index (χ3v) is 3.63. The molecule has 0 aromatic heterocycles. The van der Waals surface area contributed by atoms with E-state index >= 15 is 0 Å². The van der Waals surface area contributed by atoms with E-state index in [2.05, 4.69) is 0 Å². The van der Waals surface area contributed by atoms with E-state index in [1.807, 2.05) is 0 Å². The van der Waals surface area contributed by atoms with E-state index in [0.717, 1.165) is 0 Å². The molecule has 0 aromatic carbocycles. The van der Waals surface area contributed by atoms with Gasteiger partial charge in [-0.15, -0.1) is 0 Å². The van der Waals surface area contributed by atoms with Crippen LogP contribution in [-0.2, 0) is 0 Å². The summed E-state index contributed by atoms with van der Waals surface area (Å²) in [5, 5.41) is 0. The number of hydrogen-bond acceptors (Lipinski definition) is 0. The van der Waals surface area contributed by atoms with Crippen LogP contribution in [0.2, 0.25) is 0 Å². The second-order valence-corrected chi connectivity index (χ2v) is 5.28. The molecule has 0 radical (unpaired) electrons. The third kappa shape index (κ3) is 10.3. The highest BCUT2D eigenvalue weighted by Crippen LogP contribution is 2.48. The van der Waals surface area contributed by atoms with Crippen molar-refractivity contribution in [2.75, 3.05) is 18.5 Å². The lowest BCUT2D eigenvalue weighted by molar-refractivity contribution is -0.116. The van der Waals surface area contributed by atoms with Crippen molar-refractivity contribution in [3.05, 3.63) is 0 Å². The van der Waals surface area contributed by atoms with Gasteiger partial charge < -0.3 is 0 Å². The van der Waals surface area contributed by atoms with Crippen LogP contribution < -0.4 is 0 Å². The van der Waals surface area contributed by atoms with Crippen LogP contribution in [0.25, 0.3) is 0 Å². The maximum absolute atomic E-state index is 11.7. The van der Waals surface area contributed by atoms with Crippen LogP contribution in [0.15, 0.2) is 0 Å². The maximum Gasteiger partial charge on any atom is 0.392 e. The second-order valence-electron chi connectivity index (χ2n) is 2.99. The fourth-order valence-corrected chi connectivity index (χ4v) is 2.79. The van der Waals surface area contributed by atoms with Crippen molar-refractivity contribution < 1.29 is 39.5 Å². The summed E-state index contributed by atoms with van der Waals surface area (Å²) < 4.78 is 106. The Hall–Kier alpha value is -0.200. The molecule has 0 amide bonds. The first kappa shape index (κ1) is 15.8. The van der Waals surface area contributed by atoms with Crippen LogP contribution in [0.3, 0.4) is 0 Å². The number of rotatable bonds is 3. The minimum Gasteiger partial charge on any atom is -0.171 e. The van der Waals surface area contributed by atoms with Gasteiger partial charge in [-0.05, 0) is 0 Å². The maximum atomic E-state index is 11.7. The first-order valence-corrected chi connectivity index (χ1v) is 5.61. The number of hydrogen-bond donors (Lipinski definition) is 0. The third-order valence-electron chi connectivity index (χ3n) is 1.21. The molecule has 0 heterocycles. The van der Waals surface area contributed by atoms with Gasteiger partial charge in [-0.2, -0.15) is 39.5 Å². The van der Waals surface area contributed by atoms with E-state index in [0.29, 0.717) is 0 Å². The fraction of sp³-hybridized carbons (Fsp3) is 1.00. The zero-order valence-corrected chi connectivity index (χ0v) is 8.36. The molecule has 0 atom stereocenters. The lowest BCUT2D eigenvalue weighted by Crippen LogP contribution is -2.25. The van der Waals surface area contributed by atoms with Crippen LogP contribution >= 0.6 is 7.92 Å². The van der Waals surface area contributed by atoms with Gasteiger partial charge in [-0.1, -0.05) is 7.92 Å². The fourth-order valence-electron chi connectivity index (χ4n) is 0.928. The van der Waals surface area contributed by atoms with Crippen molar-refractivity contribution in [1.29, 1.82) is 0 Å². The summed E-state index contributed by atoms with van der Waals surface area (Å²) in [6.07, 6.45) is -21.1. The molecule has 10 heteroatoms. The Morgan fingerprint density at radius 2 is 0.688 bits per heavy atom. The molecule has 0 nitrogen and oxygen atoms in total. The van der Waals surface area contributed by atoms with Crippen LogP contribution in [-0.4, -0.2) is 37.0 Å². The molecular weight excluding hydrogens is 274 g/mol. The Morgan fingerprint density at radius 1 is 0.500 bits per heavy atom. The molecule has 0 spiro atoms. The zero-order valence-electron chi connectivity index (χ0n) is 7.47.